The van der Waals surface area contributed by atoms with Crippen molar-refractivity contribution in [1.82, 2.24) is 0 Å². The lowest BCUT2D eigenvalue weighted by molar-refractivity contribution is -0.134. The molecule has 0 aliphatic rings. The fourth-order valence-corrected chi connectivity index (χ4v) is 0.825. The van der Waals surface area contributed by atoms with Crippen LogP contribution in [0.5, 0.6) is 17.2 Å². The number of aromatic hydroxyl groups is 1. The second kappa shape index (κ2) is 6.53. The molecule has 0 aliphatic heterocycles. The molecule has 0 saturated carbocycles. The molecule has 5 nitrogen and oxygen atoms in total. The first-order valence-electron chi connectivity index (χ1n) is 4.11. The maximum atomic E-state index is 9.03. The zero-order valence-electron chi connectivity index (χ0n) is 8.85. The molecule has 84 valence electrons. The second-order valence-electron chi connectivity index (χ2n) is 2.56. The van der Waals surface area contributed by atoms with Gasteiger partial charge in [-0.1, -0.05) is 0 Å². The van der Waals surface area contributed by atoms with Crippen molar-refractivity contribution in [3.05, 3.63) is 18.2 Å². The van der Waals surface area contributed by atoms with Gasteiger partial charge in [0.05, 0.1) is 14.2 Å². The van der Waals surface area contributed by atoms with E-state index in [1.165, 1.54) is 13.2 Å². The Balaban J connectivity index is 0.000000423. The van der Waals surface area contributed by atoms with Gasteiger partial charge < -0.3 is 19.7 Å². The monoisotopic (exact) mass is 214 g/mol. The second-order valence-corrected chi connectivity index (χ2v) is 2.56. The van der Waals surface area contributed by atoms with Gasteiger partial charge in [0, 0.05) is 13.0 Å². The average Bonchev–Trinajstić information content (AvgIpc) is 2.16. The topological polar surface area (TPSA) is 76.0 Å². The van der Waals surface area contributed by atoms with E-state index in [0.717, 1.165) is 6.92 Å². The average molecular weight is 214 g/mol. The standard InChI is InChI=1S/C8H10O3.C2H4O2/c1-10-7-4-3-6(9)5-8(7)11-2;1-2(3)4/h3-5,9H,1-2H3;1H3,(H,3,4). The van der Waals surface area contributed by atoms with Crippen molar-refractivity contribution in [2.45, 2.75) is 6.92 Å². The van der Waals surface area contributed by atoms with Crippen LogP contribution in [0.4, 0.5) is 0 Å². The largest absolute Gasteiger partial charge is 0.508 e. The summed E-state index contributed by atoms with van der Waals surface area (Å²) in [6.07, 6.45) is 0. The Hall–Kier alpha value is -1.91. The van der Waals surface area contributed by atoms with Gasteiger partial charge in [0.2, 0.25) is 0 Å². The molecule has 0 bridgehead atoms. The minimum absolute atomic E-state index is 0.169. The molecule has 1 aromatic rings. The van der Waals surface area contributed by atoms with Crippen LogP contribution in [0.25, 0.3) is 0 Å². The number of carbonyl (C=O) groups is 1. The molecule has 0 fully saturated rings. The third-order valence-electron chi connectivity index (χ3n) is 1.37. The Morgan fingerprint density at radius 2 is 1.67 bits per heavy atom. The Bertz CT molecular complexity index is 318. The van der Waals surface area contributed by atoms with Gasteiger partial charge in [-0.3, -0.25) is 4.79 Å². The zero-order chi connectivity index (χ0) is 11.8. The summed E-state index contributed by atoms with van der Waals surface area (Å²) in [5.74, 6) is 0.487. The van der Waals surface area contributed by atoms with Crippen LogP contribution in [0.15, 0.2) is 18.2 Å². The third-order valence-corrected chi connectivity index (χ3v) is 1.37. The molecule has 0 amide bonds. The summed E-state index contributed by atoms with van der Waals surface area (Å²) in [7, 11) is 3.08. The van der Waals surface area contributed by atoms with E-state index in [1.807, 2.05) is 0 Å². The van der Waals surface area contributed by atoms with Gasteiger partial charge in [-0.2, -0.15) is 0 Å². The number of aliphatic carboxylic acids is 1. The summed E-state index contributed by atoms with van der Waals surface area (Å²) in [5, 5.41) is 16.4. The first-order valence-corrected chi connectivity index (χ1v) is 4.11. The number of hydrogen-bond donors (Lipinski definition) is 2. The molecule has 0 aliphatic carbocycles. The van der Waals surface area contributed by atoms with E-state index in [0.29, 0.717) is 11.5 Å². The third kappa shape index (κ3) is 5.41. The summed E-state index contributed by atoms with van der Waals surface area (Å²) in [6, 6.07) is 4.69. The van der Waals surface area contributed by atoms with E-state index in [2.05, 4.69) is 0 Å². The van der Waals surface area contributed by atoms with Crippen LogP contribution in [0.2, 0.25) is 0 Å². The number of benzene rings is 1. The molecule has 0 spiro atoms. The summed E-state index contributed by atoms with van der Waals surface area (Å²) >= 11 is 0. The highest BCUT2D eigenvalue weighted by atomic mass is 16.5. The molecule has 0 saturated heterocycles. The molecule has 0 atom stereocenters. The van der Waals surface area contributed by atoms with E-state index in [1.54, 1.807) is 19.2 Å². The van der Waals surface area contributed by atoms with Crippen molar-refractivity contribution in [1.29, 1.82) is 0 Å². The van der Waals surface area contributed by atoms with Gasteiger partial charge in [0.15, 0.2) is 11.5 Å². The van der Waals surface area contributed by atoms with Crippen molar-refractivity contribution >= 4 is 5.97 Å². The summed E-state index contributed by atoms with van der Waals surface area (Å²) in [4.78, 5) is 9.00. The van der Waals surface area contributed by atoms with Gasteiger partial charge in [-0.25, -0.2) is 0 Å². The molecular formula is C10H14O5. The minimum atomic E-state index is -0.833. The predicted molar refractivity (Wildman–Crippen MR) is 54.5 cm³/mol. The number of carboxylic acids is 1. The smallest absolute Gasteiger partial charge is 0.300 e. The normalized spacial score (nSPS) is 8.47. The lowest BCUT2D eigenvalue weighted by atomic mass is 10.3. The summed E-state index contributed by atoms with van der Waals surface area (Å²) in [5.41, 5.74) is 0. The van der Waals surface area contributed by atoms with Crippen molar-refractivity contribution in [2.75, 3.05) is 14.2 Å². The van der Waals surface area contributed by atoms with E-state index in [9.17, 15) is 0 Å². The van der Waals surface area contributed by atoms with Crippen LogP contribution < -0.4 is 9.47 Å². The lowest BCUT2D eigenvalue weighted by Crippen LogP contribution is -1.88. The molecule has 15 heavy (non-hydrogen) atoms. The van der Waals surface area contributed by atoms with Gasteiger partial charge in [0.1, 0.15) is 5.75 Å². The first-order chi connectivity index (χ1) is 7.01. The number of carboxylic acid groups (broad SMARTS) is 1. The molecule has 0 heterocycles. The number of methoxy groups -OCH3 is 2. The molecule has 1 aromatic carbocycles. The van der Waals surface area contributed by atoms with Crippen LogP contribution >= 0.6 is 0 Å². The van der Waals surface area contributed by atoms with Crippen molar-refractivity contribution in [3.63, 3.8) is 0 Å². The van der Waals surface area contributed by atoms with Crippen molar-refractivity contribution in [2.24, 2.45) is 0 Å². The predicted octanol–water partition coefficient (Wildman–Crippen LogP) is 1.50. The lowest BCUT2D eigenvalue weighted by Gasteiger charge is -2.06. The van der Waals surface area contributed by atoms with Crippen LogP contribution in [-0.2, 0) is 4.79 Å². The molecule has 0 unspecified atom stereocenters. The van der Waals surface area contributed by atoms with Crippen LogP contribution in [0.3, 0.4) is 0 Å². The van der Waals surface area contributed by atoms with Gasteiger partial charge in [0.25, 0.3) is 5.97 Å². The number of rotatable bonds is 2. The molecule has 0 aromatic heterocycles. The fraction of sp³-hybridized carbons (Fsp3) is 0.300. The van der Waals surface area contributed by atoms with Gasteiger partial charge >= 0.3 is 0 Å². The van der Waals surface area contributed by atoms with E-state index in [-0.39, 0.29) is 5.75 Å². The van der Waals surface area contributed by atoms with Crippen molar-refractivity contribution in [3.8, 4) is 17.2 Å². The highest BCUT2D eigenvalue weighted by molar-refractivity contribution is 5.62. The molecule has 0 radical (unpaired) electrons. The maximum absolute atomic E-state index is 9.03. The fourth-order valence-electron chi connectivity index (χ4n) is 0.825. The van der Waals surface area contributed by atoms with Crippen LogP contribution in [0.1, 0.15) is 6.92 Å². The van der Waals surface area contributed by atoms with Gasteiger partial charge in [-0.05, 0) is 12.1 Å². The zero-order valence-corrected chi connectivity index (χ0v) is 8.85. The van der Waals surface area contributed by atoms with E-state index in [4.69, 9.17) is 24.5 Å². The van der Waals surface area contributed by atoms with Gasteiger partial charge in [-0.15, -0.1) is 0 Å². The number of phenols is 1. The van der Waals surface area contributed by atoms with Crippen LogP contribution in [-0.4, -0.2) is 30.4 Å². The Morgan fingerprint density at radius 3 is 2.07 bits per heavy atom. The van der Waals surface area contributed by atoms with E-state index < -0.39 is 5.97 Å². The highest BCUT2D eigenvalue weighted by Crippen LogP contribution is 2.29. The molecule has 2 N–H and O–H groups in total. The summed E-state index contributed by atoms with van der Waals surface area (Å²) < 4.78 is 9.89. The SMILES string of the molecule is CC(=O)O.COc1ccc(O)cc1OC. The first kappa shape index (κ1) is 13.1. The number of phenolic OH excluding ortho intramolecular Hbond substituents is 1. The Kier molecular flexibility index (Phi) is 5.70. The van der Waals surface area contributed by atoms with Crippen LogP contribution in [0, 0.1) is 0 Å². The highest BCUT2D eigenvalue weighted by Gasteiger charge is 2.01. The summed E-state index contributed by atoms with van der Waals surface area (Å²) in [6.45, 7) is 1.08. The quantitative estimate of drug-likeness (QED) is 0.780. The molecular weight excluding hydrogens is 200 g/mol. The van der Waals surface area contributed by atoms with Crippen molar-refractivity contribution < 1.29 is 24.5 Å². The molecule has 1 rings (SSSR count). The maximum Gasteiger partial charge on any atom is 0.300 e. The number of hydrogen-bond acceptors (Lipinski definition) is 4. The number of ether oxygens (including phenoxy) is 2. The Labute approximate surface area is 87.9 Å². The van der Waals surface area contributed by atoms with E-state index >= 15 is 0 Å². The Morgan fingerprint density at radius 1 is 1.20 bits per heavy atom. The molecule has 5 heteroatoms. The minimum Gasteiger partial charge on any atom is -0.508 e.